The summed E-state index contributed by atoms with van der Waals surface area (Å²) in [6, 6.07) is 1.16. The Morgan fingerprint density at radius 3 is 2.64 bits per heavy atom. The topological polar surface area (TPSA) is 89.0 Å². The van der Waals surface area contributed by atoms with E-state index in [1.54, 1.807) is 13.8 Å². The third kappa shape index (κ3) is 3.29. The van der Waals surface area contributed by atoms with Crippen LogP contribution >= 0.6 is 7.60 Å². The molecule has 1 N–H and O–H groups in total. The lowest BCUT2D eigenvalue weighted by Gasteiger charge is -2.27. The van der Waals surface area contributed by atoms with Gasteiger partial charge in [-0.3, -0.25) is 4.57 Å². The van der Waals surface area contributed by atoms with Gasteiger partial charge in [0.25, 0.3) is 0 Å². The molecule has 1 aliphatic rings. The van der Waals surface area contributed by atoms with E-state index in [1.807, 2.05) is 0 Å². The summed E-state index contributed by atoms with van der Waals surface area (Å²) < 4.78 is 37.2. The van der Waals surface area contributed by atoms with Crippen molar-refractivity contribution in [2.45, 2.75) is 26.8 Å². The Balaban J connectivity index is 2.40. The summed E-state index contributed by atoms with van der Waals surface area (Å²) in [5.41, 5.74) is 0.654. The van der Waals surface area contributed by atoms with Gasteiger partial charge in [-0.05, 0) is 25.5 Å². The normalized spacial score (nSPS) is 14.8. The van der Waals surface area contributed by atoms with Gasteiger partial charge in [-0.25, -0.2) is 14.2 Å². The molecule has 0 radical (unpaired) electrons. The summed E-state index contributed by atoms with van der Waals surface area (Å²) in [6.07, 6.45) is -0.739. The molecule has 2 rings (SSSR count). The molecule has 0 unspecified atom stereocenters. The highest BCUT2D eigenvalue weighted by Crippen LogP contribution is 2.47. The number of rotatable bonds is 5. The quantitative estimate of drug-likeness (QED) is 0.831. The highest BCUT2D eigenvalue weighted by Gasteiger charge is 2.34. The maximum absolute atomic E-state index is 14.3. The number of nitrogens with zero attached hydrogens (tertiary/aromatic N) is 2. The number of carbonyl (C=O) groups is 1. The van der Waals surface area contributed by atoms with Crippen LogP contribution in [0.4, 0.5) is 9.18 Å². The minimum absolute atomic E-state index is 0.0580. The van der Waals surface area contributed by atoms with E-state index in [1.165, 1.54) is 4.90 Å². The number of pyridine rings is 1. The van der Waals surface area contributed by atoms with Gasteiger partial charge in [0.1, 0.15) is 0 Å². The Kier molecular flexibility index (Phi) is 5.16. The average Bonchev–Trinajstić information content (AvgIpc) is 2.46. The van der Waals surface area contributed by atoms with Crippen LogP contribution in [0.15, 0.2) is 6.07 Å². The Bertz CT molecular complexity index is 615. The summed E-state index contributed by atoms with van der Waals surface area (Å²) in [5, 5.41) is 8.98. The molecule has 0 saturated heterocycles. The van der Waals surface area contributed by atoms with Crippen LogP contribution in [-0.4, -0.2) is 40.8 Å². The van der Waals surface area contributed by atoms with E-state index >= 15 is 0 Å². The fraction of sp³-hybridized carbons (Fsp3) is 0.538. The fourth-order valence-corrected chi connectivity index (χ4v) is 3.86. The molecule has 0 aromatic carbocycles. The van der Waals surface area contributed by atoms with E-state index in [0.29, 0.717) is 17.7 Å². The maximum atomic E-state index is 14.3. The van der Waals surface area contributed by atoms with Crippen LogP contribution in [-0.2, 0) is 26.6 Å². The monoisotopic (exact) mass is 332 g/mol. The summed E-state index contributed by atoms with van der Waals surface area (Å²) in [5.74, 6) is -0.809. The first kappa shape index (κ1) is 16.9. The van der Waals surface area contributed by atoms with E-state index in [-0.39, 0.29) is 31.7 Å². The second-order valence-electron chi connectivity index (χ2n) is 4.69. The molecule has 22 heavy (non-hydrogen) atoms. The van der Waals surface area contributed by atoms with Crippen molar-refractivity contribution in [2.75, 3.05) is 19.8 Å². The summed E-state index contributed by atoms with van der Waals surface area (Å²) in [7, 11) is -3.81. The van der Waals surface area contributed by atoms with Gasteiger partial charge < -0.3 is 19.1 Å². The first-order valence-corrected chi connectivity index (χ1v) is 8.51. The van der Waals surface area contributed by atoms with Crippen LogP contribution in [0.25, 0.3) is 0 Å². The summed E-state index contributed by atoms with van der Waals surface area (Å²) in [4.78, 5) is 16.3. The SMILES string of the molecule is CCOP(=O)(OCC)c1nc2c(cc1F)CN(C(=O)O)CC2. The molecule has 2 heterocycles. The standard InChI is InChI=1S/C13H18FN2O5P/c1-3-20-22(19,21-4-2)12-10(14)7-9-8-16(13(17)18)6-5-11(9)15-12/h7H,3-6,8H2,1-2H3,(H,17,18). The van der Waals surface area contributed by atoms with Crippen LogP contribution < -0.4 is 5.44 Å². The van der Waals surface area contributed by atoms with Gasteiger partial charge in [-0.15, -0.1) is 0 Å². The van der Waals surface area contributed by atoms with Crippen molar-refractivity contribution in [3.05, 3.63) is 23.1 Å². The minimum atomic E-state index is -3.81. The molecular weight excluding hydrogens is 314 g/mol. The Morgan fingerprint density at radius 1 is 1.45 bits per heavy atom. The van der Waals surface area contributed by atoms with E-state index in [2.05, 4.69) is 4.98 Å². The third-order valence-corrected chi connectivity index (χ3v) is 5.26. The van der Waals surface area contributed by atoms with Crippen molar-refractivity contribution in [3.8, 4) is 0 Å². The molecule has 9 heteroatoms. The molecule has 0 spiro atoms. The highest BCUT2D eigenvalue weighted by molar-refractivity contribution is 7.61. The smallest absolute Gasteiger partial charge is 0.407 e. The predicted molar refractivity (Wildman–Crippen MR) is 76.8 cm³/mol. The Hall–Kier alpha value is -1.50. The molecule has 0 aliphatic carbocycles. The van der Waals surface area contributed by atoms with Gasteiger partial charge in [0.05, 0.1) is 19.8 Å². The van der Waals surface area contributed by atoms with Gasteiger partial charge in [0.2, 0.25) is 0 Å². The molecule has 1 aromatic heterocycles. The van der Waals surface area contributed by atoms with Crippen molar-refractivity contribution in [3.63, 3.8) is 0 Å². The number of fused-ring (bicyclic) bond motifs is 1. The fourth-order valence-electron chi connectivity index (χ4n) is 2.29. The number of amides is 1. The molecule has 0 bridgehead atoms. The first-order chi connectivity index (χ1) is 10.4. The molecule has 0 fully saturated rings. The van der Waals surface area contributed by atoms with Crippen LogP contribution in [0, 0.1) is 5.82 Å². The van der Waals surface area contributed by atoms with Crippen molar-refractivity contribution >= 4 is 19.1 Å². The minimum Gasteiger partial charge on any atom is -0.465 e. The second-order valence-corrected chi connectivity index (χ2v) is 6.62. The highest BCUT2D eigenvalue weighted by atomic mass is 31.2. The first-order valence-electron chi connectivity index (χ1n) is 6.97. The van der Waals surface area contributed by atoms with E-state index in [0.717, 1.165) is 6.07 Å². The summed E-state index contributed by atoms with van der Waals surface area (Å²) >= 11 is 0. The van der Waals surface area contributed by atoms with Gasteiger partial charge in [0, 0.05) is 18.7 Å². The number of carboxylic acid groups (broad SMARTS) is 1. The number of hydrogen-bond donors (Lipinski definition) is 1. The van der Waals surface area contributed by atoms with Gasteiger partial charge >= 0.3 is 13.7 Å². The van der Waals surface area contributed by atoms with Crippen LogP contribution in [0.5, 0.6) is 0 Å². The molecule has 0 saturated carbocycles. The van der Waals surface area contributed by atoms with Crippen molar-refractivity contribution in [2.24, 2.45) is 0 Å². The zero-order chi connectivity index (χ0) is 16.3. The van der Waals surface area contributed by atoms with Crippen molar-refractivity contribution in [1.29, 1.82) is 0 Å². The number of halogens is 1. The van der Waals surface area contributed by atoms with Gasteiger partial charge in [0.15, 0.2) is 11.3 Å². The van der Waals surface area contributed by atoms with Crippen LogP contribution in [0.1, 0.15) is 25.1 Å². The molecule has 1 aromatic rings. The van der Waals surface area contributed by atoms with E-state index < -0.39 is 19.5 Å². The van der Waals surface area contributed by atoms with Gasteiger partial charge in [-0.1, -0.05) is 0 Å². The van der Waals surface area contributed by atoms with E-state index in [4.69, 9.17) is 14.2 Å². The Labute approximate surface area is 127 Å². The molecule has 0 atom stereocenters. The zero-order valence-corrected chi connectivity index (χ0v) is 13.3. The number of hydrogen-bond acceptors (Lipinski definition) is 5. The predicted octanol–water partition coefficient (Wildman–Crippen LogP) is 2.15. The molecule has 1 amide bonds. The van der Waals surface area contributed by atoms with Crippen molar-refractivity contribution in [1.82, 2.24) is 9.88 Å². The molecular formula is C13H18FN2O5P. The summed E-state index contributed by atoms with van der Waals surface area (Å²) in [6.45, 7) is 3.78. The number of aromatic nitrogens is 1. The largest absolute Gasteiger partial charge is 0.465 e. The van der Waals surface area contributed by atoms with Gasteiger partial charge in [-0.2, -0.15) is 0 Å². The zero-order valence-electron chi connectivity index (χ0n) is 12.4. The second kappa shape index (κ2) is 6.73. The lowest BCUT2D eigenvalue weighted by molar-refractivity contribution is 0.139. The van der Waals surface area contributed by atoms with Crippen molar-refractivity contribution < 1.29 is 27.9 Å². The maximum Gasteiger partial charge on any atom is 0.407 e. The molecule has 122 valence electrons. The Morgan fingerprint density at radius 2 is 2.09 bits per heavy atom. The lowest BCUT2D eigenvalue weighted by atomic mass is 10.1. The lowest BCUT2D eigenvalue weighted by Crippen LogP contribution is -2.36. The van der Waals surface area contributed by atoms with Crippen LogP contribution in [0.3, 0.4) is 0 Å². The molecule has 7 nitrogen and oxygen atoms in total. The third-order valence-electron chi connectivity index (χ3n) is 3.23. The van der Waals surface area contributed by atoms with Crippen LogP contribution in [0.2, 0.25) is 0 Å². The van der Waals surface area contributed by atoms with E-state index in [9.17, 15) is 13.8 Å². The average molecular weight is 332 g/mol. The molecule has 1 aliphatic heterocycles.